The largest absolute Gasteiger partial charge is 0.478 e. The molecular weight excluding hydrogens is 338 g/mol. The van der Waals surface area contributed by atoms with Crippen LogP contribution in [0.4, 0.5) is 0 Å². The third-order valence-electron chi connectivity index (χ3n) is 4.65. The van der Waals surface area contributed by atoms with Crippen molar-refractivity contribution in [1.29, 1.82) is 0 Å². The van der Waals surface area contributed by atoms with Crippen LogP contribution in [-0.2, 0) is 0 Å². The van der Waals surface area contributed by atoms with E-state index < -0.39 is 5.97 Å². The third kappa shape index (κ3) is 3.02. The summed E-state index contributed by atoms with van der Waals surface area (Å²) in [6.07, 6.45) is 5.60. The van der Waals surface area contributed by atoms with Gasteiger partial charge in [0, 0.05) is 24.1 Å². The molecule has 4 nitrogen and oxygen atoms in total. The molecule has 0 aliphatic rings. The van der Waals surface area contributed by atoms with Gasteiger partial charge in [-0.1, -0.05) is 54.6 Å². The van der Waals surface area contributed by atoms with E-state index in [1.165, 1.54) is 6.92 Å². The van der Waals surface area contributed by atoms with E-state index in [-0.39, 0.29) is 11.5 Å². The van der Waals surface area contributed by atoms with E-state index in [1.54, 1.807) is 10.6 Å². The number of carboxylic acids is 1. The monoisotopic (exact) mass is 355 g/mol. The molecule has 4 rings (SSSR count). The Kier molecular flexibility index (Phi) is 4.09. The minimum atomic E-state index is -0.949. The summed E-state index contributed by atoms with van der Waals surface area (Å²) in [5, 5.41) is 12.1. The van der Waals surface area contributed by atoms with Crippen molar-refractivity contribution in [3.05, 3.63) is 83.6 Å². The number of aromatic carboxylic acids is 1. The molecule has 132 valence electrons. The Morgan fingerprint density at radius 3 is 2.37 bits per heavy atom. The normalized spacial score (nSPS) is 11.4. The fourth-order valence-corrected chi connectivity index (χ4v) is 3.39. The van der Waals surface area contributed by atoms with Crippen molar-refractivity contribution < 1.29 is 14.7 Å². The highest BCUT2D eigenvalue weighted by Crippen LogP contribution is 2.25. The summed E-state index contributed by atoms with van der Waals surface area (Å²) < 4.78 is 1.62. The Hall–Kier alpha value is -3.66. The van der Waals surface area contributed by atoms with E-state index >= 15 is 0 Å². The Bertz CT molecular complexity index is 1230. The Morgan fingerprint density at radius 1 is 0.926 bits per heavy atom. The van der Waals surface area contributed by atoms with Gasteiger partial charge in [0.05, 0.1) is 11.1 Å². The average Bonchev–Trinajstić information content (AvgIpc) is 3.04. The van der Waals surface area contributed by atoms with Gasteiger partial charge in [-0.3, -0.25) is 9.36 Å². The third-order valence-corrected chi connectivity index (χ3v) is 4.65. The highest BCUT2D eigenvalue weighted by molar-refractivity contribution is 6.05. The van der Waals surface area contributed by atoms with Crippen LogP contribution in [0.25, 0.3) is 33.8 Å². The summed E-state index contributed by atoms with van der Waals surface area (Å²) in [6.45, 7) is 1.53. The Morgan fingerprint density at radius 2 is 1.63 bits per heavy atom. The lowest BCUT2D eigenvalue weighted by Gasteiger charge is -2.04. The number of benzene rings is 3. The van der Waals surface area contributed by atoms with Crippen LogP contribution in [0.1, 0.15) is 33.2 Å². The quantitative estimate of drug-likeness (QED) is 0.541. The Balaban J connectivity index is 1.83. The van der Waals surface area contributed by atoms with Crippen molar-refractivity contribution in [1.82, 2.24) is 4.57 Å². The van der Waals surface area contributed by atoms with E-state index in [0.29, 0.717) is 0 Å². The topological polar surface area (TPSA) is 59.3 Å². The first-order valence-corrected chi connectivity index (χ1v) is 8.60. The second kappa shape index (κ2) is 6.57. The highest BCUT2D eigenvalue weighted by Gasteiger charge is 2.11. The van der Waals surface area contributed by atoms with Crippen molar-refractivity contribution in [3.8, 4) is 0 Å². The summed E-state index contributed by atoms with van der Waals surface area (Å²) in [7, 11) is 0. The Labute approximate surface area is 156 Å². The fourth-order valence-electron chi connectivity index (χ4n) is 3.39. The summed E-state index contributed by atoms with van der Waals surface area (Å²) in [5.41, 5.74) is 2.84. The molecule has 0 radical (unpaired) electrons. The molecule has 3 aromatic carbocycles. The van der Waals surface area contributed by atoms with Gasteiger partial charge in [-0.25, -0.2) is 4.79 Å². The molecule has 4 heteroatoms. The van der Waals surface area contributed by atoms with Gasteiger partial charge in [0.15, 0.2) is 0 Å². The second-order valence-electron chi connectivity index (χ2n) is 6.42. The van der Waals surface area contributed by atoms with Gasteiger partial charge < -0.3 is 5.11 Å². The van der Waals surface area contributed by atoms with Crippen LogP contribution in [0.3, 0.4) is 0 Å². The van der Waals surface area contributed by atoms with Crippen molar-refractivity contribution in [2.45, 2.75) is 6.92 Å². The SMILES string of the molecule is CC(=O)n1cc(/C=C/c2cc(C(=O)O)c3ccccc3c2)c2ccccc21. The van der Waals surface area contributed by atoms with E-state index in [9.17, 15) is 14.7 Å². The molecule has 0 saturated carbocycles. The second-order valence-corrected chi connectivity index (χ2v) is 6.42. The predicted octanol–water partition coefficient (Wildman–Crippen LogP) is 5.32. The van der Waals surface area contributed by atoms with Crippen LogP contribution in [0, 0.1) is 0 Å². The van der Waals surface area contributed by atoms with Gasteiger partial charge in [0.2, 0.25) is 5.91 Å². The first-order chi connectivity index (χ1) is 13.0. The number of hydrogen-bond donors (Lipinski definition) is 1. The molecule has 1 aromatic heterocycles. The summed E-state index contributed by atoms with van der Waals surface area (Å²) >= 11 is 0. The van der Waals surface area contributed by atoms with Gasteiger partial charge in [-0.15, -0.1) is 0 Å². The number of carbonyl (C=O) groups is 2. The van der Waals surface area contributed by atoms with E-state index in [4.69, 9.17) is 0 Å². The van der Waals surface area contributed by atoms with Gasteiger partial charge in [-0.2, -0.15) is 0 Å². The maximum Gasteiger partial charge on any atom is 0.336 e. The standard InChI is InChI=1S/C23H17NO3/c1-15(25)24-14-18(20-8-4-5-9-22(20)24)11-10-16-12-17-6-2-3-7-19(17)21(13-16)23(26)27/h2-14H,1H3,(H,26,27)/b11-10+. The average molecular weight is 355 g/mol. The molecule has 0 atom stereocenters. The summed E-state index contributed by atoms with van der Waals surface area (Å²) in [6, 6.07) is 18.8. The minimum absolute atomic E-state index is 0.0512. The van der Waals surface area contributed by atoms with Gasteiger partial charge >= 0.3 is 5.97 Å². The van der Waals surface area contributed by atoms with Crippen LogP contribution < -0.4 is 0 Å². The molecule has 0 amide bonds. The van der Waals surface area contributed by atoms with Gasteiger partial charge in [0.1, 0.15) is 0 Å². The first kappa shape index (κ1) is 16.8. The zero-order valence-corrected chi connectivity index (χ0v) is 14.7. The van der Waals surface area contributed by atoms with Crippen LogP contribution in [0.15, 0.2) is 66.9 Å². The van der Waals surface area contributed by atoms with Crippen LogP contribution in [0.2, 0.25) is 0 Å². The number of hydrogen-bond acceptors (Lipinski definition) is 2. The number of aromatic nitrogens is 1. The van der Waals surface area contributed by atoms with E-state index in [0.717, 1.165) is 32.8 Å². The van der Waals surface area contributed by atoms with Crippen LogP contribution in [-0.4, -0.2) is 21.6 Å². The maximum absolute atomic E-state index is 11.9. The summed E-state index contributed by atoms with van der Waals surface area (Å²) in [5.74, 6) is -1.00. The van der Waals surface area contributed by atoms with Gasteiger partial charge in [0.25, 0.3) is 0 Å². The first-order valence-electron chi connectivity index (χ1n) is 8.60. The van der Waals surface area contributed by atoms with Crippen LogP contribution >= 0.6 is 0 Å². The zero-order valence-electron chi connectivity index (χ0n) is 14.7. The molecule has 27 heavy (non-hydrogen) atoms. The van der Waals surface area contributed by atoms with Crippen molar-refractivity contribution in [2.24, 2.45) is 0 Å². The molecule has 0 aliphatic heterocycles. The molecule has 0 saturated heterocycles. The molecule has 4 aromatic rings. The van der Waals surface area contributed by atoms with Crippen molar-refractivity contribution in [2.75, 3.05) is 0 Å². The van der Waals surface area contributed by atoms with Crippen molar-refractivity contribution >= 4 is 45.7 Å². The molecule has 0 fully saturated rings. The molecule has 0 aliphatic carbocycles. The highest BCUT2D eigenvalue weighted by atomic mass is 16.4. The molecule has 0 bridgehead atoms. The molecule has 0 spiro atoms. The number of carbonyl (C=O) groups excluding carboxylic acids is 1. The number of fused-ring (bicyclic) bond motifs is 2. The zero-order chi connectivity index (χ0) is 19.0. The van der Waals surface area contributed by atoms with Crippen LogP contribution in [0.5, 0.6) is 0 Å². The van der Waals surface area contributed by atoms with Crippen molar-refractivity contribution in [3.63, 3.8) is 0 Å². The lowest BCUT2D eigenvalue weighted by atomic mass is 10.00. The molecular formula is C23H17NO3. The minimum Gasteiger partial charge on any atom is -0.478 e. The number of nitrogens with zero attached hydrogens (tertiary/aromatic N) is 1. The molecule has 0 unspecified atom stereocenters. The number of para-hydroxylation sites is 1. The predicted molar refractivity (Wildman–Crippen MR) is 108 cm³/mol. The van der Waals surface area contributed by atoms with E-state index in [2.05, 4.69) is 0 Å². The number of carboxylic acid groups (broad SMARTS) is 1. The maximum atomic E-state index is 11.9. The molecule has 1 heterocycles. The lowest BCUT2D eigenvalue weighted by Crippen LogP contribution is -2.02. The lowest BCUT2D eigenvalue weighted by molar-refractivity contribution is 0.0698. The molecule has 1 N–H and O–H groups in total. The van der Waals surface area contributed by atoms with Gasteiger partial charge in [-0.05, 0) is 34.5 Å². The number of rotatable bonds is 3. The smallest absolute Gasteiger partial charge is 0.336 e. The summed E-state index contributed by atoms with van der Waals surface area (Å²) in [4.78, 5) is 23.5. The van der Waals surface area contributed by atoms with E-state index in [1.807, 2.05) is 72.9 Å². The fraction of sp³-hybridized carbons (Fsp3) is 0.0435.